The fraction of sp³-hybridized carbons (Fsp3) is 0.409. The van der Waals surface area contributed by atoms with Gasteiger partial charge in [0.2, 0.25) is 5.91 Å². The molecule has 7 nitrogen and oxygen atoms in total. The molecule has 1 N–H and O–H groups in total. The van der Waals surface area contributed by atoms with E-state index in [9.17, 15) is 9.59 Å². The van der Waals surface area contributed by atoms with Gasteiger partial charge < -0.3 is 20.0 Å². The van der Waals surface area contributed by atoms with Gasteiger partial charge in [0.25, 0.3) is 5.91 Å². The number of carbonyl (C=O) groups is 2. The van der Waals surface area contributed by atoms with Crippen LogP contribution in [-0.4, -0.2) is 66.4 Å². The Morgan fingerprint density at radius 1 is 1.24 bits per heavy atom. The van der Waals surface area contributed by atoms with Crippen LogP contribution in [0.5, 0.6) is 0 Å². The molecule has 2 amide bonds. The van der Waals surface area contributed by atoms with Crippen LogP contribution in [0.1, 0.15) is 28.8 Å². The molecule has 4 rings (SSSR count). The fourth-order valence-corrected chi connectivity index (χ4v) is 3.99. The van der Waals surface area contributed by atoms with Crippen LogP contribution in [-0.2, 0) is 11.3 Å². The fourth-order valence-electron chi connectivity index (χ4n) is 3.99. The maximum absolute atomic E-state index is 13.1. The minimum atomic E-state index is -0.0486. The number of anilines is 2. The van der Waals surface area contributed by atoms with Crippen LogP contribution >= 0.6 is 0 Å². The molecule has 1 fully saturated rings. The Bertz CT molecular complexity index is 893. The van der Waals surface area contributed by atoms with Crippen LogP contribution in [0.15, 0.2) is 42.6 Å². The Kier molecular flexibility index (Phi) is 5.49. The van der Waals surface area contributed by atoms with E-state index in [0.717, 1.165) is 31.5 Å². The lowest BCUT2D eigenvalue weighted by Crippen LogP contribution is -2.44. The zero-order chi connectivity index (χ0) is 20.4. The van der Waals surface area contributed by atoms with Gasteiger partial charge in [0.05, 0.1) is 24.3 Å². The van der Waals surface area contributed by atoms with E-state index in [1.807, 2.05) is 42.3 Å². The first-order valence-corrected chi connectivity index (χ1v) is 10.1. The zero-order valence-corrected chi connectivity index (χ0v) is 17.0. The van der Waals surface area contributed by atoms with E-state index in [1.54, 1.807) is 17.2 Å². The average molecular weight is 393 g/mol. The number of likely N-dealkylation sites (tertiary alicyclic amines) is 1. The van der Waals surface area contributed by atoms with E-state index >= 15 is 0 Å². The molecule has 3 heterocycles. The Labute approximate surface area is 171 Å². The van der Waals surface area contributed by atoms with Gasteiger partial charge in [-0.2, -0.15) is 0 Å². The quantitative estimate of drug-likeness (QED) is 0.863. The number of nitrogens with zero attached hydrogens (tertiary/aromatic N) is 4. The van der Waals surface area contributed by atoms with Crippen LogP contribution in [0, 0.1) is 0 Å². The Hall–Kier alpha value is -2.93. The summed E-state index contributed by atoms with van der Waals surface area (Å²) in [5.41, 5.74) is 2.21. The minimum Gasteiger partial charge on any atom is -0.359 e. The smallest absolute Gasteiger partial charge is 0.255 e. The minimum absolute atomic E-state index is 0.0311. The summed E-state index contributed by atoms with van der Waals surface area (Å²) in [5.74, 6) is 0.558. The monoisotopic (exact) mass is 393 g/mol. The number of nitrogens with one attached hydrogen (secondary N) is 1. The molecule has 0 atom stereocenters. The number of amides is 2. The average Bonchev–Trinajstić information content (AvgIpc) is 2.75. The number of piperidine rings is 1. The van der Waals surface area contributed by atoms with Crippen molar-refractivity contribution in [3.63, 3.8) is 0 Å². The van der Waals surface area contributed by atoms with E-state index in [4.69, 9.17) is 0 Å². The van der Waals surface area contributed by atoms with Crippen molar-refractivity contribution in [2.45, 2.75) is 25.4 Å². The highest BCUT2D eigenvalue weighted by Crippen LogP contribution is 2.30. The largest absolute Gasteiger partial charge is 0.359 e. The normalized spacial score (nSPS) is 17.6. The van der Waals surface area contributed by atoms with Crippen LogP contribution in [0.2, 0.25) is 0 Å². The highest BCUT2D eigenvalue weighted by molar-refractivity contribution is 6.04. The van der Waals surface area contributed by atoms with Gasteiger partial charge in [-0.3, -0.25) is 9.59 Å². The van der Waals surface area contributed by atoms with Crippen LogP contribution in [0.3, 0.4) is 0 Å². The molecule has 2 aliphatic rings. The summed E-state index contributed by atoms with van der Waals surface area (Å²) in [6.45, 7) is 2.65. The van der Waals surface area contributed by atoms with E-state index in [-0.39, 0.29) is 24.4 Å². The van der Waals surface area contributed by atoms with E-state index in [2.05, 4.69) is 22.2 Å². The second-order valence-electron chi connectivity index (χ2n) is 7.86. The number of hydrogen-bond donors (Lipinski definition) is 1. The van der Waals surface area contributed by atoms with Crippen LogP contribution in [0.25, 0.3) is 0 Å². The molecular formula is C22H27N5O2. The van der Waals surface area contributed by atoms with Gasteiger partial charge in [-0.05, 0) is 44.6 Å². The Balaban J connectivity index is 1.57. The standard InChI is InChI=1S/C22H27N5O2/c1-25-10-8-18(9-11-25)26(2)22(29)17-12-19-21(23-13-17)24-14-20(28)27(19)15-16-6-4-3-5-7-16/h3-7,12-13,18H,8-11,14-15H2,1-2H3,(H,23,24). The SMILES string of the molecule is CN1CCC(N(C)C(=O)c2cnc3c(c2)N(Cc2ccccc2)C(=O)CN3)CC1. The summed E-state index contributed by atoms with van der Waals surface area (Å²) in [6, 6.07) is 11.9. The summed E-state index contributed by atoms with van der Waals surface area (Å²) in [5, 5.41) is 3.06. The number of rotatable bonds is 4. The van der Waals surface area contributed by atoms with Crippen molar-refractivity contribution in [2.75, 3.05) is 43.9 Å². The van der Waals surface area contributed by atoms with Gasteiger partial charge >= 0.3 is 0 Å². The topological polar surface area (TPSA) is 68.8 Å². The third-order valence-electron chi connectivity index (χ3n) is 5.85. The van der Waals surface area contributed by atoms with Crippen molar-refractivity contribution in [2.24, 2.45) is 0 Å². The number of pyridine rings is 1. The number of hydrogen-bond acceptors (Lipinski definition) is 5. The molecule has 152 valence electrons. The molecule has 1 aromatic carbocycles. The highest BCUT2D eigenvalue weighted by atomic mass is 16.2. The van der Waals surface area contributed by atoms with Crippen molar-refractivity contribution >= 4 is 23.3 Å². The molecule has 7 heteroatoms. The lowest BCUT2D eigenvalue weighted by atomic mass is 10.0. The predicted octanol–water partition coefficient (Wildman–Crippen LogP) is 2.21. The molecule has 29 heavy (non-hydrogen) atoms. The maximum atomic E-state index is 13.1. The lowest BCUT2D eigenvalue weighted by Gasteiger charge is -2.35. The molecule has 1 aromatic heterocycles. The molecule has 0 bridgehead atoms. The number of aromatic nitrogens is 1. The highest BCUT2D eigenvalue weighted by Gasteiger charge is 2.29. The Morgan fingerprint density at radius 3 is 2.69 bits per heavy atom. The van der Waals surface area contributed by atoms with Gasteiger partial charge in [-0.25, -0.2) is 4.98 Å². The summed E-state index contributed by atoms with van der Waals surface area (Å²) >= 11 is 0. The third-order valence-corrected chi connectivity index (χ3v) is 5.85. The van der Waals surface area contributed by atoms with Gasteiger partial charge in [-0.15, -0.1) is 0 Å². The maximum Gasteiger partial charge on any atom is 0.255 e. The first-order chi connectivity index (χ1) is 14.0. The van der Waals surface area contributed by atoms with E-state index in [0.29, 0.717) is 23.6 Å². The van der Waals surface area contributed by atoms with E-state index in [1.165, 1.54) is 0 Å². The third kappa shape index (κ3) is 4.10. The summed E-state index contributed by atoms with van der Waals surface area (Å²) < 4.78 is 0. The second-order valence-corrected chi connectivity index (χ2v) is 7.86. The molecule has 0 aliphatic carbocycles. The van der Waals surface area contributed by atoms with Gasteiger partial charge in [0.1, 0.15) is 0 Å². The summed E-state index contributed by atoms with van der Waals surface area (Å²) in [6.07, 6.45) is 3.55. The molecule has 0 radical (unpaired) electrons. The number of benzene rings is 1. The van der Waals surface area contributed by atoms with Crippen LogP contribution < -0.4 is 10.2 Å². The molecule has 2 aromatic rings. The Morgan fingerprint density at radius 2 is 1.97 bits per heavy atom. The van der Waals surface area contributed by atoms with Gasteiger partial charge in [-0.1, -0.05) is 30.3 Å². The number of fused-ring (bicyclic) bond motifs is 1. The van der Waals surface area contributed by atoms with Crippen molar-refractivity contribution in [1.82, 2.24) is 14.8 Å². The van der Waals surface area contributed by atoms with Crippen molar-refractivity contribution in [1.29, 1.82) is 0 Å². The zero-order valence-electron chi connectivity index (χ0n) is 17.0. The molecular weight excluding hydrogens is 366 g/mol. The summed E-state index contributed by atoms with van der Waals surface area (Å²) in [7, 11) is 3.97. The molecule has 0 saturated carbocycles. The lowest BCUT2D eigenvalue weighted by molar-refractivity contribution is -0.117. The predicted molar refractivity (Wildman–Crippen MR) is 113 cm³/mol. The molecule has 0 spiro atoms. The van der Waals surface area contributed by atoms with Crippen molar-refractivity contribution in [3.8, 4) is 0 Å². The van der Waals surface area contributed by atoms with Gasteiger partial charge in [0.15, 0.2) is 5.82 Å². The summed E-state index contributed by atoms with van der Waals surface area (Å²) in [4.78, 5) is 36.0. The first-order valence-electron chi connectivity index (χ1n) is 10.1. The number of carbonyl (C=O) groups excluding carboxylic acids is 2. The molecule has 1 saturated heterocycles. The first kappa shape index (κ1) is 19.4. The van der Waals surface area contributed by atoms with Crippen LogP contribution in [0.4, 0.5) is 11.5 Å². The molecule has 0 unspecified atom stereocenters. The van der Waals surface area contributed by atoms with Crippen molar-refractivity contribution in [3.05, 3.63) is 53.7 Å². The molecule has 2 aliphatic heterocycles. The second kappa shape index (κ2) is 8.21. The van der Waals surface area contributed by atoms with Gasteiger partial charge in [0, 0.05) is 19.3 Å². The van der Waals surface area contributed by atoms with E-state index < -0.39 is 0 Å². The van der Waals surface area contributed by atoms with Crippen molar-refractivity contribution < 1.29 is 9.59 Å².